The zero-order chi connectivity index (χ0) is 23.2. The second-order valence-corrected chi connectivity index (χ2v) is 9.14. The third kappa shape index (κ3) is 3.84. The molecular formula is C21H19N5O4S2. The van der Waals surface area contributed by atoms with Crippen LogP contribution in [0.25, 0.3) is 17.2 Å². The van der Waals surface area contributed by atoms with Crippen molar-refractivity contribution in [3.05, 3.63) is 67.5 Å². The van der Waals surface area contributed by atoms with Crippen LogP contribution in [0.5, 0.6) is 0 Å². The van der Waals surface area contributed by atoms with Gasteiger partial charge in [0.15, 0.2) is 11.2 Å². The molecule has 3 heterocycles. The van der Waals surface area contributed by atoms with Gasteiger partial charge in [0.2, 0.25) is 0 Å². The first kappa shape index (κ1) is 21.9. The molecule has 0 atom stereocenters. The predicted octanol–water partition coefficient (Wildman–Crippen LogP) is 1.27. The van der Waals surface area contributed by atoms with Crippen molar-refractivity contribution in [1.29, 1.82) is 0 Å². The van der Waals surface area contributed by atoms with E-state index in [1.165, 1.54) is 35.2 Å². The van der Waals surface area contributed by atoms with Gasteiger partial charge in [0.05, 0.1) is 17.8 Å². The molecular weight excluding hydrogens is 450 g/mol. The molecule has 1 fully saturated rings. The van der Waals surface area contributed by atoms with Gasteiger partial charge >= 0.3 is 5.69 Å². The summed E-state index contributed by atoms with van der Waals surface area (Å²) in [7, 11) is 3.02. The molecule has 0 spiro atoms. The first-order chi connectivity index (χ1) is 15.2. The number of carbonyl (C=O) groups excluding carboxylic acids is 2. The number of Topliss-reactive ketones (excluding diaryl/α,β-unsaturated/α-hetero) is 1. The van der Waals surface area contributed by atoms with Crippen LogP contribution in [0.4, 0.5) is 0 Å². The minimum absolute atomic E-state index is 0.0230. The second kappa shape index (κ2) is 8.32. The van der Waals surface area contributed by atoms with Gasteiger partial charge in [-0.2, -0.15) is 0 Å². The minimum Gasteiger partial charge on any atom is -0.320 e. The minimum atomic E-state index is -0.425. The number of aromatic nitrogens is 4. The van der Waals surface area contributed by atoms with Crippen molar-refractivity contribution < 1.29 is 9.59 Å². The van der Waals surface area contributed by atoms with Crippen molar-refractivity contribution in [2.45, 2.75) is 13.5 Å². The van der Waals surface area contributed by atoms with Crippen LogP contribution in [0, 0.1) is 0 Å². The van der Waals surface area contributed by atoms with E-state index in [9.17, 15) is 19.2 Å². The summed E-state index contributed by atoms with van der Waals surface area (Å²) in [6.07, 6.45) is 3.28. The maximum absolute atomic E-state index is 12.6. The van der Waals surface area contributed by atoms with Crippen LogP contribution in [-0.2, 0) is 30.2 Å². The van der Waals surface area contributed by atoms with E-state index < -0.39 is 11.2 Å². The number of fused-ring (bicyclic) bond motifs is 1. The third-order valence-electron chi connectivity index (χ3n) is 5.10. The number of imidazole rings is 1. The monoisotopic (exact) mass is 469 g/mol. The molecule has 9 nitrogen and oxygen atoms in total. The van der Waals surface area contributed by atoms with E-state index in [2.05, 4.69) is 4.98 Å². The van der Waals surface area contributed by atoms with E-state index in [-0.39, 0.29) is 18.2 Å². The highest BCUT2D eigenvalue weighted by Gasteiger charge is 2.32. The van der Waals surface area contributed by atoms with Gasteiger partial charge in [-0.15, -0.1) is 0 Å². The highest BCUT2D eigenvalue weighted by atomic mass is 32.2. The molecule has 0 unspecified atom stereocenters. The first-order valence-corrected chi connectivity index (χ1v) is 10.8. The van der Waals surface area contributed by atoms with Crippen LogP contribution < -0.4 is 11.2 Å². The number of thiocarbonyl (C=S) groups is 1. The largest absolute Gasteiger partial charge is 0.332 e. The van der Waals surface area contributed by atoms with Crippen LogP contribution in [0.1, 0.15) is 18.1 Å². The summed E-state index contributed by atoms with van der Waals surface area (Å²) in [5.41, 5.74) is 1.60. The first-order valence-electron chi connectivity index (χ1n) is 9.62. The van der Waals surface area contributed by atoms with Crippen molar-refractivity contribution in [2.75, 3.05) is 6.54 Å². The lowest BCUT2D eigenvalue weighted by Crippen LogP contribution is -2.37. The van der Waals surface area contributed by atoms with E-state index in [0.717, 1.165) is 15.7 Å². The molecule has 11 heteroatoms. The molecule has 1 saturated heterocycles. The standard InChI is InChI=1S/C21H19N5O4S2/c1-12(27)9-26-18(28)15(32-21(26)31)8-13-4-6-14(7-5-13)10-25-11-22-17-16(25)19(29)24(3)20(30)23(17)2/h4-8,11H,9-10H2,1-3H3/b15-8-. The number of rotatable bonds is 5. The van der Waals surface area contributed by atoms with Crippen molar-refractivity contribution in [2.24, 2.45) is 14.1 Å². The van der Waals surface area contributed by atoms with Gasteiger partial charge in [-0.3, -0.25) is 28.4 Å². The zero-order valence-electron chi connectivity index (χ0n) is 17.6. The molecule has 0 N–H and O–H groups in total. The number of thioether (sulfide) groups is 1. The molecule has 3 aromatic rings. The molecule has 0 aliphatic carbocycles. The fourth-order valence-electron chi connectivity index (χ4n) is 3.44. The van der Waals surface area contributed by atoms with E-state index >= 15 is 0 Å². The zero-order valence-corrected chi connectivity index (χ0v) is 19.2. The normalized spacial score (nSPS) is 15.3. The molecule has 0 radical (unpaired) electrons. The topological polar surface area (TPSA) is 99.2 Å². The molecule has 0 bridgehead atoms. The highest BCUT2D eigenvalue weighted by Crippen LogP contribution is 2.32. The Bertz CT molecular complexity index is 1430. The maximum atomic E-state index is 12.6. The van der Waals surface area contributed by atoms with Gasteiger partial charge in [0.1, 0.15) is 10.1 Å². The molecule has 164 valence electrons. The third-order valence-corrected chi connectivity index (χ3v) is 6.48. The van der Waals surface area contributed by atoms with E-state index in [1.54, 1.807) is 24.0 Å². The van der Waals surface area contributed by atoms with Crippen molar-refractivity contribution in [3.63, 3.8) is 0 Å². The van der Waals surface area contributed by atoms with Crippen LogP contribution in [0.2, 0.25) is 0 Å². The highest BCUT2D eigenvalue weighted by molar-refractivity contribution is 8.26. The maximum Gasteiger partial charge on any atom is 0.332 e. The molecule has 4 rings (SSSR count). The molecule has 1 aliphatic heterocycles. The smallest absolute Gasteiger partial charge is 0.320 e. The number of nitrogens with zero attached hydrogens (tertiary/aromatic N) is 5. The molecule has 1 amide bonds. The molecule has 32 heavy (non-hydrogen) atoms. The Morgan fingerprint density at radius 2 is 1.81 bits per heavy atom. The Kier molecular flexibility index (Phi) is 5.70. The van der Waals surface area contributed by atoms with Crippen molar-refractivity contribution >= 4 is 57.2 Å². The van der Waals surface area contributed by atoms with Crippen LogP contribution in [0.3, 0.4) is 0 Å². The van der Waals surface area contributed by atoms with Crippen LogP contribution in [-0.4, -0.2) is 46.1 Å². The number of benzene rings is 1. The van der Waals surface area contributed by atoms with Gasteiger partial charge in [-0.05, 0) is 24.1 Å². The SMILES string of the molecule is CC(=O)CN1C(=O)/C(=C/c2ccc(Cn3cnc4c3c(=O)n(C)c(=O)n4C)cc2)SC1=S. The van der Waals surface area contributed by atoms with Crippen molar-refractivity contribution in [1.82, 2.24) is 23.6 Å². The average Bonchev–Trinajstić information content (AvgIpc) is 3.28. The summed E-state index contributed by atoms with van der Waals surface area (Å²) in [6, 6.07) is 7.50. The molecule has 1 aromatic carbocycles. The Labute approximate surface area is 192 Å². The molecule has 1 aliphatic rings. The number of carbonyl (C=O) groups is 2. The number of hydrogen-bond acceptors (Lipinski definition) is 7. The van der Waals surface area contributed by atoms with Gasteiger partial charge in [0, 0.05) is 20.6 Å². The Hall–Kier alpha value is -3.31. The number of amides is 1. The van der Waals surface area contributed by atoms with Gasteiger partial charge in [-0.25, -0.2) is 9.78 Å². The van der Waals surface area contributed by atoms with Crippen LogP contribution in [0.15, 0.2) is 45.1 Å². The summed E-state index contributed by atoms with van der Waals surface area (Å²) in [5.74, 6) is -0.403. The average molecular weight is 470 g/mol. The quantitative estimate of drug-likeness (QED) is 0.410. The van der Waals surface area contributed by atoms with E-state index in [0.29, 0.717) is 26.9 Å². The summed E-state index contributed by atoms with van der Waals surface area (Å²) >= 11 is 6.38. The predicted molar refractivity (Wildman–Crippen MR) is 126 cm³/mol. The lowest BCUT2D eigenvalue weighted by atomic mass is 10.1. The Balaban J connectivity index is 1.58. The summed E-state index contributed by atoms with van der Waals surface area (Å²) in [6.45, 7) is 1.79. The van der Waals surface area contributed by atoms with Gasteiger partial charge < -0.3 is 4.57 Å². The van der Waals surface area contributed by atoms with Gasteiger partial charge in [0.25, 0.3) is 11.5 Å². The molecule has 2 aromatic heterocycles. The number of ketones is 1. The fourth-order valence-corrected chi connectivity index (χ4v) is 4.70. The Morgan fingerprint density at radius 1 is 1.12 bits per heavy atom. The van der Waals surface area contributed by atoms with Crippen LogP contribution >= 0.6 is 24.0 Å². The summed E-state index contributed by atoms with van der Waals surface area (Å²) in [5, 5.41) is 0. The summed E-state index contributed by atoms with van der Waals surface area (Å²) in [4.78, 5) is 54.5. The van der Waals surface area contributed by atoms with E-state index in [4.69, 9.17) is 12.2 Å². The van der Waals surface area contributed by atoms with Gasteiger partial charge in [-0.1, -0.05) is 48.2 Å². The Morgan fingerprint density at radius 3 is 2.47 bits per heavy atom. The fraction of sp³-hybridized carbons (Fsp3) is 0.238. The summed E-state index contributed by atoms with van der Waals surface area (Å²) < 4.78 is 4.49. The number of aryl methyl sites for hydroxylation is 1. The van der Waals surface area contributed by atoms with Crippen molar-refractivity contribution in [3.8, 4) is 0 Å². The molecule has 0 saturated carbocycles. The second-order valence-electron chi connectivity index (χ2n) is 7.46. The number of hydrogen-bond donors (Lipinski definition) is 0. The lowest BCUT2D eigenvalue weighted by molar-refractivity contribution is -0.126. The lowest BCUT2D eigenvalue weighted by Gasteiger charge is -2.11. The van der Waals surface area contributed by atoms with E-state index in [1.807, 2.05) is 24.3 Å².